The summed E-state index contributed by atoms with van der Waals surface area (Å²) in [5.41, 5.74) is -1.88. The van der Waals surface area contributed by atoms with Gasteiger partial charge in [-0.1, -0.05) is 94.8 Å². The van der Waals surface area contributed by atoms with E-state index in [1.165, 1.54) is 44.4 Å². The van der Waals surface area contributed by atoms with Gasteiger partial charge in [0, 0.05) is 25.9 Å². The monoisotopic (exact) mass is 942 g/mol. The first-order chi connectivity index (χ1) is 32.0. The summed E-state index contributed by atoms with van der Waals surface area (Å²) in [6.07, 6.45) is 2.15. The van der Waals surface area contributed by atoms with Gasteiger partial charge in [0.15, 0.2) is 0 Å². The molecule has 2 aromatic rings. The van der Waals surface area contributed by atoms with Crippen molar-refractivity contribution in [2.24, 2.45) is 11.8 Å². The molecule has 0 aromatic heterocycles. The van der Waals surface area contributed by atoms with Gasteiger partial charge in [-0.2, -0.15) is 0 Å². The molecule has 2 aromatic carbocycles. The maximum absolute atomic E-state index is 14.5. The second-order valence-corrected chi connectivity index (χ2v) is 19.9. The van der Waals surface area contributed by atoms with Crippen LogP contribution >= 0.6 is 0 Å². The fraction of sp³-hybridized carbons (Fsp3) is 0.580. The van der Waals surface area contributed by atoms with Gasteiger partial charge in [0.25, 0.3) is 0 Å². The van der Waals surface area contributed by atoms with Crippen molar-refractivity contribution in [1.29, 1.82) is 0 Å². The van der Waals surface area contributed by atoms with E-state index in [9.17, 15) is 43.2 Å². The Morgan fingerprint density at radius 2 is 1.04 bits per heavy atom. The fourth-order valence-electron chi connectivity index (χ4n) is 8.75. The van der Waals surface area contributed by atoms with Crippen LogP contribution in [-0.4, -0.2) is 129 Å². The summed E-state index contributed by atoms with van der Waals surface area (Å²) in [5.74, 6) is -6.52. The SMILES string of the molecule is CC[C@H](C)[C@@H]1NC(=O)C(C)(C)NC(=O)C(C)(C)NC(=O)[C@H](Cc2ccccc2)NC(=O)[C@H](Cc2ccccc2)NC(=O)[C@@H]2CCCN2C(=O)[C@@H]2CCCN2C(=O)[C@H](C(C)C)NC(=O)[C@@H](C)NC1=O. The molecule has 3 aliphatic heterocycles. The molecule has 0 unspecified atom stereocenters. The van der Waals surface area contributed by atoms with Gasteiger partial charge in [0.1, 0.15) is 53.4 Å². The topological polar surface area (TPSA) is 244 Å². The van der Waals surface area contributed by atoms with Crippen molar-refractivity contribution < 1.29 is 43.2 Å². The molecule has 7 N–H and O–H groups in total. The molecular weight excluding hydrogens is 871 g/mol. The lowest BCUT2D eigenvalue weighted by atomic mass is 9.94. The molecule has 68 heavy (non-hydrogen) atoms. The Labute approximate surface area is 399 Å². The van der Waals surface area contributed by atoms with Crippen molar-refractivity contribution in [2.75, 3.05) is 13.1 Å². The maximum atomic E-state index is 14.5. The van der Waals surface area contributed by atoms with Crippen LogP contribution in [0.4, 0.5) is 0 Å². The molecule has 18 nitrogen and oxygen atoms in total. The third-order valence-corrected chi connectivity index (χ3v) is 13.3. The number of amides is 9. The zero-order chi connectivity index (χ0) is 50.1. The highest BCUT2D eigenvalue weighted by atomic mass is 16.2. The molecular formula is C50H71N9O9. The second kappa shape index (κ2) is 22.6. The van der Waals surface area contributed by atoms with Crippen molar-refractivity contribution in [3.8, 4) is 0 Å². The Morgan fingerprint density at radius 1 is 0.544 bits per heavy atom. The molecule has 370 valence electrons. The largest absolute Gasteiger partial charge is 0.343 e. The zero-order valence-electron chi connectivity index (χ0n) is 40.9. The quantitative estimate of drug-likeness (QED) is 0.212. The lowest BCUT2D eigenvalue weighted by Crippen LogP contribution is -2.66. The summed E-state index contributed by atoms with van der Waals surface area (Å²) in [4.78, 5) is 131. The normalized spacial score (nSPS) is 27.6. The number of hydrogen-bond donors (Lipinski definition) is 7. The molecule has 3 fully saturated rings. The maximum Gasteiger partial charge on any atom is 0.246 e. The summed E-state index contributed by atoms with van der Waals surface area (Å²) in [6, 6.07) is 10.3. The van der Waals surface area contributed by atoms with E-state index in [4.69, 9.17) is 0 Å². The number of benzene rings is 2. The average molecular weight is 942 g/mol. The minimum Gasteiger partial charge on any atom is -0.343 e. The summed E-state index contributed by atoms with van der Waals surface area (Å²) in [7, 11) is 0. The van der Waals surface area contributed by atoms with Crippen LogP contribution in [0.5, 0.6) is 0 Å². The summed E-state index contributed by atoms with van der Waals surface area (Å²) in [5, 5.41) is 19.4. The Morgan fingerprint density at radius 3 is 1.59 bits per heavy atom. The van der Waals surface area contributed by atoms with Crippen molar-refractivity contribution in [1.82, 2.24) is 47.0 Å². The lowest BCUT2D eigenvalue weighted by Gasteiger charge is -2.34. The van der Waals surface area contributed by atoms with Gasteiger partial charge >= 0.3 is 0 Å². The average Bonchev–Trinajstić information content (AvgIpc) is 4.00. The van der Waals surface area contributed by atoms with Gasteiger partial charge in [-0.25, -0.2) is 0 Å². The van der Waals surface area contributed by atoms with Gasteiger partial charge in [0.2, 0.25) is 53.2 Å². The molecule has 0 radical (unpaired) electrons. The third kappa shape index (κ3) is 13.0. The number of nitrogens with one attached hydrogen (secondary N) is 7. The molecule has 0 aliphatic carbocycles. The fourth-order valence-corrected chi connectivity index (χ4v) is 8.75. The van der Waals surface area contributed by atoms with Crippen LogP contribution in [0, 0.1) is 11.8 Å². The van der Waals surface area contributed by atoms with Crippen LogP contribution in [0.3, 0.4) is 0 Å². The van der Waals surface area contributed by atoms with Crippen LogP contribution in [0.2, 0.25) is 0 Å². The van der Waals surface area contributed by atoms with Crippen molar-refractivity contribution in [3.05, 3.63) is 71.8 Å². The Kier molecular flexibility index (Phi) is 17.5. The van der Waals surface area contributed by atoms with E-state index in [2.05, 4.69) is 37.2 Å². The number of carbonyl (C=O) groups is 9. The van der Waals surface area contributed by atoms with Gasteiger partial charge in [-0.15, -0.1) is 0 Å². The lowest BCUT2D eigenvalue weighted by molar-refractivity contribution is -0.148. The van der Waals surface area contributed by atoms with E-state index in [1.54, 1.807) is 69.3 Å². The Balaban J connectivity index is 1.54. The minimum atomic E-state index is -1.66. The van der Waals surface area contributed by atoms with Gasteiger partial charge in [-0.3, -0.25) is 43.2 Å². The highest BCUT2D eigenvalue weighted by Gasteiger charge is 2.46. The first-order valence-corrected chi connectivity index (χ1v) is 23.9. The highest BCUT2D eigenvalue weighted by Crippen LogP contribution is 2.27. The van der Waals surface area contributed by atoms with Crippen LogP contribution in [0.1, 0.15) is 106 Å². The first-order valence-electron chi connectivity index (χ1n) is 23.9. The summed E-state index contributed by atoms with van der Waals surface area (Å²) >= 11 is 0. The highest BCUT2D eigenvalue weighted by molar-refractivity contribution is 6.01. The van der Waals surface area contributed by atoms with Crippen LogP contribution in [0.15, 0.2) is 60.7 Å². The van der Waals surface area contributed by atoms with Gasteiger partial charge in [-0.05, 0) is 83.3 Å². The summed E-state index contributed by atoms with van der Waals surface area (Å²) < 4.78 is 0. The molecule has 0 saturated carbocycles. The van der Waals surface area contributed by atoms with Crippen LogP contribution < -0.4 is 37.2 Å². The van der Waals surface area contributed by atoms with Crippen molar-refractivity contribution in [2.45, 2.75) is 161 Å². The predicted molar refractivity (Wildman–Crippen MR) is 254 cm³/mol. The molecule has 5 rings (SSSR count). The first kappa shape index (κ1) is 52.6. The Bertz CT molecular complexity index is 2180. The molecule has 18 heteroatoms. The number of nitrogens with zero attached hydrogens (tertiary/aromatic N) is 2. The number of fused-ring (bicyclic) bond motifs is 2. The molecule has 9 amide bonds. The zero-order valence-corrected chi connectivity index (χ0v) is 40.9. The van der Waals surface area contributed by atoms with Gasteiger partial charge < -0.3 is 47.0 Å². The smallest absolute Gasteiger partial charge is 0.246 e. The molecule has 8 atom stereocenters. The van der Waals surface area contributed by atoms with E-state index in [-0.39, 0.29) is 25.9 Å². The minimum absolute atomic E-state index is 0.00793. The summed E-state index contributed by atoms with van der Waals surface area (Å²) in [6.45, 7) is 14.8. The van der Waals surface area contributed by atoms with Crippen LogP contribution in [0.25, 0.3) is 0 Å². The Hall–Kier alpha value is -6.33. The number of hydrogen-bond acceptors (Lipinski definition) is 9. The number of rotatable bonds is 7. The van der Waals surface area contributed by atoms with Crippen molar-refractivity contribution >= 4 is 53.2 Å². The van der Waals surface area contributed by atoms with Crippen molar-refractivity contribution in [3.63, 3.8) is 0 Å². The second-order valence-electron chi connectivity index (χ2n) is 19.9. The molecule has 3 aliphatic rings. The predicted octanol–water partition coefficient (Wildman–Crippen LogP) is 1.40. The standard InChI is InChI=1S/C50H71N9O9/c1-10-30(4)39-44(64)51-31(5)40(60)54-38(29(2)3)46(66)59-26-18-24-37(59)45(65)58-25-17-23-36(58)43(63)53-34(27-32-19-13-11-14-20-32)41(61)52-35(28-33-21-15-12-16-22-33)42(62)56-50(8,9)48(68)57-49(6,7)47(67)55-39/h11-16,19-22,29-31,34-39H,10,17-18,23-28H2,1-9H3,(H,51,64)(H,52,61)(H,53,63)(H,54,60)(H,55,67)(H,56,62)(H,57,68)/t30-,31+,34-,35-,36-,37-,38-,39-/m0/s1. The van der Waals surface area contributed by atoms with E-state index in [0.717, 1.165) is 0 Å². The molecule has 3 heterocycles. The molecule has 0 bridgehead atoms. The third-order valence-electron chi connectivity index (χ3n) is 13.3. The van der Waals surface area contributed by atoms with E-state index >= 15 is 0 Å². The molecule has 0 spiro atoms. The number of carbonyl (C=O) groups excluding carboxylic acids is 9. The van der Waals surface area contributed by atoms with E-state index in [0.29, 0.717) is 43.2 Å². The molecule has 3 saturated heterocycles. The van der Waals surface area contributed by atoms with E-state index in [1.807, 2.05) is 19.1 Å². The van der Waals surface area contributed by atoms with Gasteiger partial charge in [0.05, 0.1) is 0 Å². The van der Waals surface area contributed by atoms with E-state index < -0.39 is 118 Å². The van der Waals surface area contributed by atoms with Crippen LogP contribution in [-0.2, 0) is 56.0 Å².